The van der Waals surface area contributed by atoms with Crippen molar-refractivity contribution in [1.29, 1.82) is 0 Å². The SMILES string of the molecule is C=C(O)CCCCCC(C)C.CC(C)CCCCS(=O)(=O)[O-].CC(C)CCCCS(=O)(=O)[O-].CC(C)CCCNC(=O)CCCCC(=O)NC1CC/C=C/CCC1. The van der Waals surface area contributed by atoms with Crippen LogP contribution in [0.1, 0.15) is 197 Å². The van der Waals surface area contributed by atoms with Crippen molar-refractivity contribution < 1.29 is 40.6 Å². The van der Waals surface area contributed by atoms with Gasteiger partial charge in [0, 0.05) is 43.4 Å². The van der Waals surface area contributed by atoms with E-state index < -0.39 is 20.2 Å². The van der Waals surface area contributed by atoms with Crippen molar-refractivity contribution >= 4 is 32.1 Å². The third-order valence-electron chi connectivity index (χ3n) is 9.07. The van der Waals surface area contributed by atoms with Gasteiger partial charge in [-0.25, -0.2) is 16.8 Å². The summed E-state index contributed by atoms with van der Waals surface area (Å²) < 4.78 is 60.7. The van der Waals surface area contributed by atoms with Crippen LogP contribution in [0.15, 0.2) is 24.5 Å². The standard InChI is InChI=1S/C20H36N2O2.C10H20O.2C7H16O3S/c1-17(2)11-10-16-21-19(23)14-8-9-15-20(24)22-18-12-6-4-3-5-7-13-18;1-9(2)7-5-4-6-8-10(3)11;2*1-7(2)5-3-4-6-11(8,9)10/h3-4,17-18H,5-16H2,1-2H3,(H,21,23)(H,22,24);9,11H,3-8H2,1-2H3;2*7H,3-6H2,1-2H3,(H,8,9,10)/p-2/b4-3+;;;. The summed E-state index contributed by atoms with van der Waals surface area (Å²) in [5.74, 6) is 2.84. The van der Waals surface area contributed by atoms with E-state index in [9.17, 15) is 35.5 Å². The Morgan fingerprint density at radius 3 is 1.49 bits per heavy atom. The average Bonchev–Trinajstić information content (AvgIpc) is 3.06. The summed E-state index contributed by atoms with van der Waals surface area (Å²) in [4.78, 5) is 23.7. The molecule has 1 aliphatic rings. The van der Waals surface area contributed by atoms with E-state index in [0.717, 1.165) is 109 Å². The Kier molecular flexibility index (Phi) is 39.8. The molecule has 0 radical (unpaired) electrons. The van der Waals surface area contributed by atoms with Gasteiger partial charge in [0.1, 0.15) is 0 Å². The minimum Gasteiger partial charge on any atom is -0.748 e. The van der Waals surface area contributed by atoms with Gasteiger partial charge in [-0.2, -0.15) is 0 Å². The Balaban J connectivity index is -0.000000745. The van der Waals surface area contributed by atoms with Crippen molar-refractivity contribution in [3.8, 4) is 0 Å². The molecular weight excluding hydrogens is 765 g/mol. The number of rotatable bonds is 26. The number of aliphatic hydroxyl groups excluding tert-OH is 1. The second kappa shape index (κ2) is 38.3. The van der Waals surface area contributed by atoms with E-state index in [1.54, 1.807) is 0 Å². The summed E-state index contributed by atoms with van der Waals surface area (Å²) in [5.41, 5.74) is 0. The zero-order chi connectivity index (χ0) is 44.1. The van der Waals surface area contributed by atoms with Crippen LogP contribution in [0.3, 0.4) is 0 Å². The van der Waals surface area contributed by atoms with Gasteiger partial charge in [-0.05, 0) is 101 Å². The maximum absolute atomic E-state index is 12.0. The average molecular weight is 851 g/mol. The van der Waals surface area contributed by atoms with E-state index in [0.29, 0.717) is 55.2 Å². The number of amides is 2. The van der Waals surface area contributed by atoms with E-state index in [1.165, 1.54) is 19.3 Å². The Morgan fingerprint density at radius 2 is 1.04 bits per heavy atom. The number of allylic oxidation sites excluding steroid dienone is 3. The second-order valence-electron chi connectivity index (χ2n) is 17.2. The molecule has 0 aromatic rings. The third-order valence-corrected chi connectivity index (χ3v) is 10.7. The molecule has 1 unspecified atom stereocenters. The molecule has 0 aliphatic heterocycles. The molecule has 57 heavy (non-hydrogen) atoms. The smallest absolute Gasteiger partial charge is 0.220 e. The van der Waals surface area contributed by atoms with E-state index in [4.69, 9.17) is 5.11 Å². The summed E-state index contributed by atoms with van der Waals surface area (Å²) in [6.07, 6.45) is 25.1. The Hall–Kier alpha value is -1.96. The van der Waals surface area contributed by atoms with Crippen molar-refractivity contribution in [2.45, 2.75) is 203 Å². The molecule has 3 N–H and O–H groups in total. The first-order valence-corrected chi connectivity index (χ1v) is 25.1. The van der Waals surface area contributed by atoms with Crippen LogP contribution < -0.4 is 10.6 Å². The first kappa shape index (κ1) is 59.4. The maximum atomic E-state index is 12.0. The minimum atomic E-state index is -3.97. The van der Waals surface area contributed by atoms with Gasteiger partial charge < -0.3 is 24.8 Å². The first-order chi connectivity index (χ1) is 26.5. The van der Waals surface area contributed by atoms with E-state index >= 15 is 0 Å². The number of carbonyl (C=O) groups excluding carboxylic acids is 2. The molecule has 340 valence electrons. The number of unbranched alkanes of at least 4 members (excludes halogenated alkanes) is 5. The third kappa shape index (κ3) is 58.4. The maximum Gasteiger partial charge on any atom is 0.220 e. The van der Waals surface area contributed by atoms with Gasteiger partial charge in [0.05, 0.1) is 26.0 Å². The van der Waals surface area contributed by atoms with Crippen LogP contribution in [0.4, 0.5) is 0 Å². The van der Waals surface area contributed by atoms with E-state index in [-0.39, 0.29) is 23.3 Å². The second-order valence-corrected chi connectivity index (χ2v) is 20.2. The van der Waals surface area contributed by atoms with Gasteiger partial charge in [-0.1, -0.05) is 119 Å². The van der Waals surface area contributed by atoms with Crippen LogP contribution in [-0.4, -0.2) is 67.0 Å². The predicted octanol–water partition coefficient (Wildman–Crippen LogP) is 10.5. The molecule has 0 saturated carbocycles. The first-order valence-electron chi connectivity index (χ1n) is 22.0. The lowest BCUT2D eigenvalue weighted by atomic mass is 10.0. The van der Waals surface area contributed by atoms with Crippen LogP contribution in [0.5, 0.6) is 0 Å². The van der Waals surface area contributed by atoms with Crippen LogP contribution in [0, 0.1) is 23.7 Å². The highest BCUT2D eigenvalue weighted by atomic mass is 32.2. The number of aliphatic hydroxyl groups is 1. The van der Waals surface area contributed by atoms with Crippen molar-refractivity contribution in [2.24, 2.45) is 23.7 Å². The Labute approximate surface area is 351 Å². The summed E-state index contributed by atoms with van der Waals surface area (Å²) in [5, 5.41) is 14.9. The molecule has 0 heterocycles. The monoisotopic (exact) mass is 851 g/mol. The molecule has 0 spiro atoms. The molecule has 2 amide bonds. The van der Waals surface area contributed by atoms with Crippen molar-refractivity contribution in [3.05, 3.63) is 24.5 Å². The van der Waals surface area contributed by atoms with Crippen LogP contribution in [0.2, 0.25) is 0 Å². The molecule has 0 aromatic carbocycles. The number of nitrogens with one attached hydrogen (secondary N) is 2. The highest BCUT2D eigenvalue weighted by Crippen LogP contribution is 2.14. The molecule has 11 nitrogen and oxygen atoms in total. The van der Waals surface area contributed by atoms with Crippen molar-refractivity contribution in [1.82, 2.24) is 10.6 Å². The number of carbonyl (C=O) groups is 2. The van der Waals surface area contributed by atoms with E-state index in [2.05, 4.69) is 84.8 Å². The summed E-state index contributed by atoms with van der Waals surface area (Å²) in [6.45, 7) is 21.4. The summed E-state index contributed by atoms with van der Waals surface area (Å²) in [7, 11) is -7.94. The molecule has 1 atom stereocenters. The molecular formula is C44H86N2O9S2-2. The predicted molar refractivity (Wildman–Crippen MR) is 236 cm³/mol. The Bertz CT molecular complexity index is 1190. The highest BCUT2D eigenvalue weighted by Gasteiger charge is 2.12. The van der Waals surface area contributed by atoms with Gasteiger partial charge in [0.15, 0.2) is 0 Å². The van der Waals surface area contributed by atoms with Gasteiger partial charge in [-0.15, -0.1) is 0 Å². The summed E-state index contributed by atoms with van der Waals surface area (Å²) in [6, 6.07) is 0.326. The van der Waals surface area contributed by atoms with Gasteiger partial charge in [-0.3, -0.25) is 9.59 Å². The molecule has 13 heteroatoms. The van der Waals surface area contributed by atoms with Gasteiger partial charge in [0.25, 0.3) is 0 Å². The lowest BCUT2D eigenvalue weighted by Gasteiger charge is -2.19. The molecule has 0 bridgehead atoms. The van der Waals surface area contributed by atoms with Crippen molar-refractivity contribution in [2.75, 3.05) is 18.1 Å². The molecule has 0 fully saturated rings. The molecule has 1 aliphatic carbocycles. The highest BCUT2D eigenvalue weighted by molar-refractivity contribution is 7.85. The molecule has 0 aromatic heterocycles. The molecule has 0 saturated heterocycles. The topological polar surface area (TPSA) is 193 Å². The zero-order valence-electron chi connectivity index (χ0n) is 37.5. The van der Waals surface area contributed by atoms with Crippen LogP contribution in [-0.2, 0) is 29.8 Å². The zero-order valence-corrected chi connectivity index (χ0v) is 39.1. The van der Waals surface area contributed by atoms with Crippen LogP contribution >= 0.6 is 0 Å². The minimum absolute atomic E-state index is 0.117. The van der Waals surface area contributed by atoms with Crippen molar-refractivity contribution in [3.63, 3.8) is 0 Å². The lowest BCUT2D eigenvalue weighted by Crippen LogP contribution is -2.34. The van der Waals surface area contributed by atoms with E-state index in [1.807, 2.05) is 0 Å². The fourth-order valence-corrected chi connectivity index (χ4v) is 6.84. The molecule has 1 rings (SSSR count). The lowest BCUT2D eigenvalue weighted by molar-refractivity contribution is -0.123. The summed E-state index contributed by atoms with van der Waals surface area (Å²) >= 11 is 0. The Morgan fingerprint density at radius 1 is 0.614 bits per heavy atom. The van der Waals surface area contributed by atoms with Crippen LogP contribution in [0.25, 0.3) is 0 Å². The fraction of sp³-hybridized carbons (Fsp3) is 0.864. The number of hydrogen-bond donors (Lipinski definition) is 3. The normalized spacial score (nSPS) is 14.9. The largest absolute Gasteiger partial charge is 0.748 e. The van der Waals surface area contributed by atoms with Gasteiger partial charge >= 0.3 is 0 Å². The fourth-order valence-electron chi connectivity index (χ4n) is 5.72. The van der Waals surface area contributed by atoms with Gasteiger partial charge in [0.2, 0.25) is 11.8 Å². The quantitative estimate of drug-likeness (QED) is 0.0329. The number of hydrogen-bond acceptors (Lipinski definition) is 9.